The molecule has 1 aromatic carbocycles. The number of nitrogens with two attached hydrogens (primary N) is 1. The van der Waals surface area contributed by atoms with Crippen molar-refractivity contribution in [1.82, 2.24) is 10.3 Å². The van der Waals surface area contributed by atoms with Crippen LogP contribution in [0, 0.1) is 13.8 Å². The fourth-order valence-electron chi connectivity index (χ4n) is 3.87. The Morgan fingerprint density at radius 1 is 1.27 bits per heavy atom. The van der Waals surface area contributed by atoms with Crippen LogP contribution in [-0.2, 0) is 4.79 Å². The van der Waals surface area contributed by atoms with E-state index in [4.69, 9.17) is 5.73 Å². The Balaban J connectivity index is 1.62. The standard InChI is InChI=1S/C24H26N4O2/c1-13-21(26-15(3)22(13)25)12-19-18-11-17(9-10-20(18)28-24(19)30)23(29)27-14(2)16-7-5-4-6-8-16/h5,7-12,14,26H,4,6,25H2,1-3H3,(H,27,29)(H,28,30)/b19-12-/t14-/m1/s1. The summed E-state index contributed by atoms with van der Waals surface area (Å²) in [6, 6.07) is 5.19. The zero-order valence-electron chi connectivity index (χ0n) is 17.4. The Morgan fingerprint density at radius 3 is 2.73 bits per heavy atom. The minimum absolute atomic E-state index is 0.0791. The van der Waals surface area contributed by atoms with Crippen molar-refractivity contribution in [1.29, 1.82) is 0 Å². The molecule has 0 unspecified atom stereocenters. The van der Waals surface area contributed by atoms with E-state index in [1.165, 1.54) is 0 Å². The summed E-state index contributed by atoms with van der Waals surface area (Å²) in [7, 11) is 0. The van der Waals surface area contributed by atoms with E-state index >= 15 is 0 Å². The van der Waals surface area contributed by atoms with Crippen LogP contribution in [0.5, 0.6) is 0 Å². The number of allylic oxidation sites excluding steroid dienone is 2. The highest BCUT2D eigenvalue weighted by molar-refractivity contribution is 6.35. The maximum absolute atomic E-state index is 12.8. The molecule has 1 atom stereocenters. The molecule has 5 N–H and O–H groups in total. The van der Waals surface area contributed by atoms with Crippen LogP contribution < -0.4 is 16.4 Å². The highest BCUT2D eigenvalue weighted by Crippen LogP contribution is 2.35. The summed E-state index contributed by atoms with van der Waals surface area (Å²) in [5.74, 6) is -0.362. The van der Waals surface area contributed by atoms with Crippen LogP contribution in [0.15, 0.2) is 42.0 Å². The van der Waals surface area contributed by atoms with Gasteiger partial charge in [-0.2, -0.15) is 0 Å². The van der Waals surface area contributed by atoms with Gasteiger partial charge >= 0.3 is 0 Å². The molecule has 2 aliphatic rings. The number of hydrogen-bond acceptors (Lipinski definition) is 3. The van der Waals surface area contributed by atoms with Crippen molar-refractivity contribution in [2.45, 2.75) is 39.7 Å². The van der Waals surface area contributed by atoms with Gasteiger partial charge in [-0.25, -0.2) is 0 Å². The van der Waals surface area contributed by atoms with Crippen molar-refractivity contribution in [3.63, 3.8) is 0 Å². The molecule has 0 fully saturated rings. The molecule has 1 aliphatic heterocycles. The van der Waals surface area contributed by atoms with Gasteiger partial charge in [0, 0.05) is 28.2 Å². The number of H-pyrrole nitrogens is 1. The van der Waals surface area contributed by atoms with E-state index in [1.54, 1.807) is 24.3 Å². The van der Waals surface area contributed by atoms with Crippen molar-refractivity contribution in [2.24, 2.45) is 0 Å². The van der Waals surface area contributed by atoms with Crippen molar-refractivity contribution < 1.29 is 9.59 Å². The molecule has 0 spiro atoms. The Bertz CT molecular complexity index is 1130. The number of hydrogen-bond donors (Lipinski definition) is 4. The van der Waals surface area contributed by atoms with E-state index in [9.17, 15) is 9.59 Å². The first-order valence-electron chi connectivity index (χ1n) is 10.1. The van der Waals surface area contributed by atoms with E-state index in [1.807, 2.05) is 20.8 Å². The zero-order chi connectivity index (χ0) is 21.4. The number of fused-ring (bicyclic) bond motifs is 1. The first kappa shape index (κ1) is 19.8. The quantitative estimate of drug-likeness (QED) is 0.579. The summed E-state index contributed by atoms with van der Waals surface area (Å²) in [5.41, 5.74) is 12.9. The molecule has 6 heteroatoms. The summed E-state index contributed by atoms with van der Waals surface area (Å²) < 4.78 is 0. The average Bonchev–Trinajstić information content (AvgIpc) is 3.18. The molecular weight excluding hydrogens is 376 g/mol. The van der Waals surface area contributed by atoms with Gasteiger partial charge in [0.15, 0.2) is 0 Å². The SMILES string of the molecule is Cc1[nH]c(/C=C2\C(=O)Nc3ccc(C(=O)N[C@H](C)C4=CCCC=C4)cc32)c(C)c1N. The van der Waals surface area contributed by atoms with Gasteiger partial charge < -0.3 is 21.4 Å². The Labute approximate surface area is 175 Å². The lowest BCUT2D eigenvalue weighted by Gasteiger charge is -2.17. The van der Waals surface area contributed by atoms with Crippen LogP contribution in [0.2, 0.25) is 0 Å². The van der Waals surface area contributed by atoms with Crippen LogP contribution >= 0.6 is 0 Å². The summed E-state index contributed by atoms with van der Waals surface area (Å²) in [4.78, 5) is 28.6. The third-order valence-electron chi connectivity index (χ3n) is 5.76. The Morgan fingerprint density at radius 2 is 2.07 bits per heavy atom. The molecule has 6 nitrogen and oxygen atoms in total. The van der Waals surface area contributed by atoms with Crippen LogP contribution in [0.4, 0.5) is 11.4 Å². The lowest BCUT2D eigenvalue weighted by Crippen LogP contribution is -2.33. The van der Waals surface area contributed by atoms with E-state index < -0.39 is 0 Å². The third kappa shape index (κ3) is 3.56. The normalized spacial score (nSPS) is 17.5. The van der Waals surface area contributed by atoms with Gasteiger partial charge in [0.1, 0.15) is 0 Å². The van der Waals surface area contributed by atoms with Gasteiger partial charge in [-0.05, 0) is 69.0 Å². The number of rotatable bonds is 4. The fraction of sp³-hybridized carbons (Fsp3) is 0.250. The Hall–Kier alpha value is -3.54. The topological polar surface area (TPSA) is 100 Å². The number of aromatic nitrogens is 1. The molecule has 4 rings (SSSR count). The van der Waals surface area contributed by atoms with Gasteiger partial charge in [-0.1, -0.05) is 18.2 Å². The molecule has 0 bridgehead atoms. The molecule has 154 valence electrons. The summed E-state index contributed by atoms with van der Waals surface area (Å²) in [6.45, 7) is 5.79. The number of amides is 2. The second-order valence-electron chi connectivity index (χ2n) is 7.85. The lowest BCUT2D eigenvalue weighted by atomic mass is 10.00. The Kier molecular flexibility index (Phi) is 5.08. The third-order valence-corrected chi connectivity index (χ3v) is 5.76. The molecule has 1 aromatic heterocycles. The molecule has 1 aliphatic carbocycles. The van der Waals surface area contributed by atoms with E-state index in [0.29, 0.717) is 28.1 Å². The van der Waals surface area contributed by atoms with Gasteiger partial charge in [0.25, 0.3) is 11.8 Å². The largest absolute Gasteiger partial charge is 0.397 e. The fourth-order valence-corrected chi connectivity index (χ4v) is 3.87. The molecule has 0 saturated carbocycles. The second-order valence-corrected chi connectivity index (χ2v) is 7.85. The number of aryl methyl sites for hydroxylation is 1. The average molecular weight is 402 g/mol. The van der Waals surface area contributed by atoms with Crippen molar-refractivity contribution in [2.75, 3.05) is 11.1 Å². The van der Waals surface area contributed by atoms with Crippen LogP contribution in [0.3, 0.4) is 0 Å². The molecule has 2 aromatic rings. The number of anilines is 2. The predicted octanol–water partition coefficient (Wildman–Crippen LogP) is 4.10. The molecule has 30 heavy (non-hydrogen) atoms. The summed E-state index contributed by atoms with van der Waals surface area (Å²) in [6.07, 6.45) is 10.2. The number of benzene rings is 1. The maximum atomic E-state index is 12.8. The highest BCUT2D eigenvalue weighted by Gasteiger charge is 2.26. The van der Waals surface area contributed by atoms with Gasteiger partial charge in [0.05, 0.1) is 17.3 Å². The predicted molar refractivity (Wildman–Crippen MR) is 121 cm³/mol. The van der Waals surface area contributed by atoms with Crippen LogP contribution in [0.1, 0.15) is 52.6 Å². The number of nitrogen functional groups attached to an aromatic ring is 1. The highest BCUT2D eigenvalue weighted by atomic mass is 16.2. The van der Waals surface area contributed by atoms with E-state index in [0.717, 1.165) is 35.4 Å². The first-order chi connectivity index (χ1) is 14.3. The van der Waals surface area contributed by atoms with E-state index in [-0.39, 0.29) is 17.9 Å². The zero-order valence-corrected chi connectivity index (χ0v) is 17.4. The first-order valence-corrected chi connectivity index (χ1v) is 10.1. The minimum atomic E-state index is -0.196. The second kappa shape index (κ2) is 7.71. The summed E-state index contributed by atoms with van der Waals surface area (Å²) >= 11 is 0. The number of carbonyl (C=O) groups is 2. The monoisotopic (exact) mass is 402 g/mol. The molecule has 2 heterocycles. The smallest absolute Gasteiger partial charge is 0.256 e. The lowest BCUT2D eigenvalue weighted by molar-refractivity contribution is -0.110. The minimum Gasteiger partial charge on any atom is -0.397 e. The van der Waals surface area contributed by atoms with Crippen molar-refractivity contribution in [3.05, 3.63) is 70.1 Å². The van der Waals surface area contributed by atoms with Crippen molar-refractivity contribution in [3.8, 4) is 0 Å². The van der Waals surface area contributed by atoms with Crippen molar-refractivity contribution >= 4 is 34.8 Å². The van der Waals surface area contributed by atoms with Gasteiger partial charge in [0.2, 0.25) is 0 Å². The molecule has 0 saturated heterocycles. The number of aromatic amines is 1. The molecular formula is C24H26N4O2. The van der Waals surface area contributed by atoms with Crippen LogP contribution in [-0.4, -0.2) is 22.8 Å². The maximum Gasteiger partial charge on any atom is 0.256 e. The molecule has 0 radical (unpaired) electrons. The number of carbonyl (C=O) groups excluding carboxylic acids is 2. The van der Waals surface area contributed by atoms with E-state index in [2.05, 4.69) is 33.8 Å². The van der Waals surface area contributed by atoms with Crippen LogP contribution in [0.25, 0.3) is 11.6 Å². The van der Waals surface area contributed by atoms with Gasteiger partial charge in [-0.3, -0.25) is 9.59 Å². The number of nitrogens with one attached hydrogen (secondary N) is 3. The molecule has 2 amide bonds. The van der Waals surface area contributed by atoms with Gasteiger partial charge in [-0.15, -0.1) is 0 Å². The summed E-state index contributed by atoms with van der Waals surface area (Å²) in [5, 5.41) is 5.91.